The highest BCUT2D eigenvalue weighted by atomic mass is 32.2. The van der Waals surface area contributed by atoms with E-state index in [1.54, 1.807) is 0 Å². The van der Waals surface area contributed by atoms with Gasteiger partial charge in [0, 0.05) is 23.3 Å². The van der Waals surface area contributed by atoms with E-state index < -0.39 is 0 Å². The van der Waals surface area contributed by atoms with E-state index in [0.29, 0.717) is 0 Å². The minimum absolute atomic E-state index is 0.236. The zero-order valence-corrected chi connectivity index (χ0v) is 13.0. The molecule has 0 saturated carbocycles. The molecule has 3 rings (SSSR count). The highest BCUT2D eigenvalue weighted by molar-refractivity contribution is 8.14. The lowest BCUT2D eigenvalue weighted by molar-refractivity contribution is 0.269. The van der Waals surface area contributed by atoms with Gasteiger partial charge in [0.15, 0.2) is 5.17 Å². The lowest BCUT2D eigenvalue weighted by Gasteiger charge is -2.26. The Morgan fingerprint density at radius 3 is 2.90 bits per heavy atom. The van der Waals surface area contributed by atoms with Crippen molar-refractivity contribution in [2.24, 2.45) is 4.99 Å². The molecule has 108 valence electrons. The monoisotopic (exact) mass is 290 g/mol. The third kappa shape index (κ3) is 2.53. The molecule has 20 heavy (non-hydrogen) atoms. The van der Waals surface area contributed by atoms with Crippen LogP contribution >= 0.6 is 11.8 Å². The first-order valence-corrected chi connectivity index (χ1v) is 8.45. The number of para-hydroxylation sites is 1. The second-order valence-electron chi connectivity index (χ2n) is 5.53. The number of hydrogen-bond acceptors (Lipinski definition) is 3. The molecule has 0 aliphatic carbocycles. The van der Waals surface area contributed by atoms with Crippen molar-refractivity contribution >= 4 is 16.9 Å². The molecule has 1 N–H and O–H groups in total. The van der Waals surface area contributed by atoms with Crippen LogP contribution in [0.25, 0.3) is 0 Å². The van der Waals surface area contributed by atoms with Gasteiger partial charge in [0.05, 0.1) is 12.6 Å². The summed E-state index contributed by atoms with van der Waals surface area (Å²) in [5.74, 6) is 2.12. The standard InChI is InChI=1S/C16H22N2OS/c1-3-16(4-2)11-20-15(18-16)17-13-9-10-19-14-8-6-5-7-12(13)14/h5-8,13H,3-4,9-11H2,1-2H3,(H,17,18). The van der Waals surface area contributed by atoms with Crippen molar-refractivity contribution in [1.29, 1.82) is 0 Å². The molecule has 1 fully saturated rings. The van der Waals surface area contributed by atoms with Crippen molar-refractivity contribution in [2.75, 3.05) is 12.4 Å². The maximum Gasteiger partial charge on any atom is 0.157 e. The van der Waals surface area contributed by atoms with Gasteiger partial charge < -0.3 is 10.1 Å². The van der Waals surface area contributed by atoms with Crippen LogP contribution in [0.2, 0.25) is 0 Å². The highest BCUT2D eigenvalue weighted by Gasteiger charge is 2.34. The molecular weight excluding hydrogens is 268 g/mol. The average Bonchev–Trinajstić information content (AvgIpc) is 2.92. The van der Waals surface area contributed by atoms with Gasteiger partial charge in [0.25, 0.3) is 0 Å². The molecule has 0 aromatic heterocycles. The fraction of sp³-hybridized carbons (Fsp3) is 0.562. The van der Waals surface area contributed by atoms with E-state index in [1.165, 1.54) is 5.56 Å². The fourth-order valence-electron chi connectivity index (χ4n) is 2.80. The molecule has 0 amide bonds. The zero-order valence-electron chi connectivity index (χ0n) is 12.2. The number of amidine groups is 1. The van der Waals surface area contributed by atoms with Gasteiger partial charge in [-0.2, -0.15) is 0 Å². The first-order valence-electron chi connectivity index (χ1n) is 7.47. The van der Waals surface area contributed by atoms with Gasteiger partial charge in [-0.05, 0) is 18.9 Å². The van der Waals surface area contributed by atoms with Gasteiger partial charge in [-0.1, -0.05) is 43.8 Å². The fourth-order valence-corrected chi connectivity index (χ4v) is 4.19. The third-order valence-electron chi connectivity index (χ3n) is 4.41. The first kappa shape index (κ1) is 13.8. The van der Waals surface area contributed by atoms with Gasteiger partial charge in [0.1, 0.15) is 5.75 Å². The van der Waals surface area contributed by atoms with E-state index >= 15 is 0 Å². The van der Waals surface area contributed by atoms with Crippen LogP contribution in [0.3, 0.4) is 0 Å². The largest absolute Gasteiger partial charge is 0.493 e. The Morgan fingerprint density at radius 1 is 1.35 bits per heavy atom. The molecule has 1 saturated heterocycles. The number of hydrogen-bond donors (Lipinski definition) is 1. The lowest BCUT2D eigenvalue weighted by Crippen LogP contribution is -2.42. The normalized spacial score (nSPS) is 25.9. The van der Waals surface area contributed by atoms with E-state index in [1.807, 2.05) is 23.9 Å². The number of nitrogens with zero attached hydrogens (tertiary/aromatic N) is 1. The molecule has 0 bridgehead atoms. The Kier molecular flexibility index (Phi) is 3.92. The summed E-state index contributed by atoms with van der Waals surface area (Å²) in [7, 11) is 0. The second kappa shape index (κ2) is 5.68. The number of fused-ring (bicyclic) bond motifs is 1. The number of thioether (sulfide) groups is 1. The number of benzene rings is 1. The van der Waals surface area contributed by atoms with Gasteiger partial charge in [-0.25, -0.2) is 0 Å². The minimum Gasteiger partial charge on any atom is -0.493 e. The topological polar surface area (TPSA) is 33.6 Å². The molecule has 3 nitrogen and oxygen atoms in total. The van der Waals surface area contributed by atoms with Crippen LogP contribution in [0.5, 0.6) is 5.75 Å². The maximum absolute atomic E-state index is 5.70. The molecule has 1 aromatic rings. The van der Waals surface area contributed by atoms with Crippen molar-refractivity contribution in [3.05, 3.63) is 29.8 Å². The van der Waals surface area contributed by atoms with Gasteiger partial charge in [0.2, 0.25) is 0 Å². The molecule has 1 aromatic carbocycles. The lowest BCUT2D eigenvalue weighted by atomic mass is 9.96. The predicted molar refractivity (Wildman–Crippen MR) is 85.6 cm³/mol. The highest BCUT2D eigenvalue weighted by Crippen LogP contribution is 2.36. The van der Waals surface area contributed by atoms with Crippen LogP contribution in [0.4, 0.5) is 0 Å². The SMILES string of the molecule is CCC1(CC)CSC(=NC2CCOc3ccccc32)N1. The molecule has 1 atom stereocenters. The van der Waals surface area contributed by atoms with Gasteiger partial charge in [-0.3, -0.25) is 4.99 Å². The second-order valence-corrected chi connectivity index (χ2v) is 6.49. The van der Waals surface area contributed by atoms with Gasteiger partial charge in [-0.15, -0.1) is 0 Å². The molecule has 0 radical (unpaired) electrons. The number of aliphatic imine (C=N–C) groups is 1. The van der Waals surface area contributed by atoms with Crippen LogP contribution < -0.4 is 10.1 Å². The van der Waals surface area contributed by atoms with Crippen LogP contribution in [0, 0.1) is 0 Å². The number of rotatable bonds is 3. The summed E-state index contributed by atoms with van der Waals surface area (Å²) in [6.07, 6.45) is 3.27. The van der Waals surface area contributed by atoms with E-state index in [-0.39, 0.29) is 11.6 Å². The minimum atomic E-state index is 0.236. The number of ether oxygens (including phenoxy) is 1. The van der Waals surface area contributed by atoms with Crippen molar-refractivity contribution in [3.8, 4) is 5.75 Å². The Hall–Kier alpha value is -1.16. The summed E-state index contributed by atoms with van der Waals surface area (Å²) in [6, 6.07) is 8.50. The zero-order chi connectivity index (χ0) is 14.0. The molecule has 2 aliphatic rings. The summed E-state index contributed by atoms with van der Waals surface area (Å²) >= 11 is 1.86. The first-order chi connectivity index (χ1) is 9.76. The third-order valence-corrected chi connectivity index (χ3v) is 5.59. The van der Waals surface area contributed by atoms with Crippen molar-refractivity contribution < 1.29 is 4.74 Å². The quantitative estimate of drug-likeness (QED) is 0.920. The van der Waals surface area contributed by atoms with Gasteiger partial charge >= 0.3 is 0 Å². The number of nitrogens with one attached hydrogen (secondary N) is 1. The van der Waals surface area contributed by atoms with Crippen molar-refractivity contribution in [1.82, 2.24) is 5.32 Å². The molecule has 2 aliphatic heterocycles. The Balaban J connectivity index is 1.81. The van der Waals surface area contributed by atoms with Crippen LogP contribution in [0.15, 0.2) is 29.3 Å². The van der Waals surface area contributed by atoms with Crippen LogP contribution in [0.1, 0.15) is 44.7 Å². The van der Waals surface area contributed by atoms with Crippen LogP contribution in [-0.2, 0) is 0 Å². The summed E-state index contributed by atoms with van der Waals surface area (Å²) in [6.45, 7) is 5.27. The molecule has 0 spiro atoms. The average molecular weight is 290 g/mol. The van der Waals surface area contributed by atoms with E-state index in [9.17, 15) is 0 Å². The van der Waals surface area contributed by atoms with Crippen molar-refractivity contribution in [3.63, 3.8) is 0 Å². The van der Waals surface area contributed by atoms with E-state index in [4.69, 9.17) is 9.73 Å². The molecule has 1 unspecified atom stereocenters. The van der Waals surface area contributed by atoms with E-state index in [2.05, 4.69) is 31.3 Å². The summed E-state index contributed by atoms with van der Waals surface area (Å²) in [5.41, 5.74) is 1.47. The smallest absolute Gasteiger partial charge is 0.157 e. The maximum atomic E-state index is 5.70. The molecule has 4 heteroatoms. The molecule has 2 heterocycles. The summed E-state index contributed by atoms with van der Waals surface area (Å²) in [5, 5.41) is 4.76. The Bertz CT molecular complexity index is 511. The predicted octanol–water partition coefficient (Wildman–Crippen LogP) is 3.76. The summed E-state index contributed by atoms with van der Waals surface area (Å²) in [4.78, 5) is 4.96. The molecular formula is C16H22N2OS. The summed E-state index contributed by atoms with van der Waals surface area (Å²) < 4.78 is 5.70. The Labute approximate surface area is 125 Å². The van der Waals surface area contributed by atoms with E-state index in [0.717, 1.165) is 42.5 Å². The van der Waals surface area contributed by atoms with Crippen molar-refractivity contribution in [2.45, 2.75) is 44.7 Å². The van der Waals surface area contributed by atoms with Crippen LogP contribution in [-0.4, -0.2) is 23.1 Å². The Morgan fingerprint density at radius 2 is 2.15 bits per heavy atom.